The Hall–Kier alpha value is -2.29. The number of amides is 1. The molecule has 0 N–H and O–H groups in total. The van der Waals surface area contributed by atoms with E-state index in [9.17, 15) is 13.2 Å². The summed E-state index contributed by atoms with van der Waals surface area (Å²) >= 11 is 1.45. The van der Waals surface area contributed by atoms with Crippen LogP contribution in [-0.2, 0) is 17.1 Å². The van der Waals surface area contributed by atoms with Gasteiger partial charge in [-0.15, -0.1) is 0 Å². The number of fused-ring (bicyclic) bond motifs is 1. The molecule has 1 aromatic heterocycles. The summed E-state index contributed by atoms with van der Waals surface area (Å²) in [6.07, 6.45) is 1.72. The number of sulfonamides is 1. The molecule has 29 heavy (non-hydrogen) atoms. The molecule has 0 saturated carbocycles. The highest BCUT2D eigenvalue weighted by molar-refractivity contribution is 7.89. The summed E-state index contributed by atoms with van der Waals surface area (Å²) < 4.78 is 29.5. The molecule has 0 radical (unpaired) electrons. The number of para-hydroxylation sites is 1. The third kappa shape index (κ3) is 4.34. The van der Waals surface area contributed by atoms with Gasteiger partial charge in [0.2, 0.25) is 10.0 Å². The molecule has 154 valence electrons. The lowest BCUT2D eigenvalue weighted by Crippen LogP contribution is -2.27. The van der Waals surface area contributed by atoms with E-state index < -0.39 is 15.9 Å². The van der Waals surface area contributed by atoms with Gasteiger partial charge in [-0.2, -0.15) is 4.99 Å². The van der Waals surface area contributed by atoms with Crippen molar-refractivity contribution in [2.75, 3.05) is 13.6 Å². The van der Waals surface area contributed by atoms with Crippen LogP contribution in [0.25, 0.3) is 10.2 Å². The number of aryl methyl sites for hydroxylation is 2. The predicted molar refractivity (Wildman–Crippen MR) is 117 cm³/mol. The summed E-state index contributed by atoms with van der Waals surface area (Å²) in [6, 6.07) is 12.0. The van der Waals surface area contributed by atoms with Crippen molar-refractivity contribution >= 4 is 37.5 Å². The minimum absolute atomic E-state index is 0.177. The van der Waals surface area contributed by atoms with E-state index >= 15 is 0 Å². The van der Waals surface area contributed by atoms with Gasteiger partial charge in [0.15, 0.2) is 4.80 Å². The van der Waals surface area contributed by atoms with Crippen molar-refractivity contribution in [1.29, 1.82) is 0 Å². The lowest BCUT2D eigenvalue weighted by atomic mass is 10.2. The zero-order valence-corrected chi connectivity index (χ0v) is 18.7. The fourth-order valence-corrected chi connectivity index (χ4v) is 5.41. The summed E-state index contributed by atoms with van der Waals surface area (Å²) in [4.78, 5) is 17.7. The van der Waals surface area contributed by atoms with Crippen LogP contribution < -0.4 is 4.80 Å². The van der Waals surface area contributed by atoms with Gasteiger partial charge in [0.05, 0.1) is 15.1 Å². The Morgan fingerprint density at radius 1 is 1.17 bits per heavy atom. The quantitative estimate of drug-likeness (QED) is 0.597. The summed E-state index contributed by atoms with van der Waals surface area (Å²) in [5, 5.41) is 0. The van der Waals surface area contributed by atoms with E-state index in [0.29, 0.717) is 16.9 Å². The van der Waals surface area contributed by atoms with Crippen LogP contribution >= 0.6 is 11.3 Å². The van der Waals surface area contributed by atoms with Crippen molar-refractivity contribution in [1.82, 2.24) is 8.87 Å². The molecule has 3 aromatic rings. The number of aromatic nitrogens is 1. The van der Waals surface area contributed by atoms with E-state index in [4.69, 9.17) is 0 Å². The largest absolute Gasteiger partial charge is 0.319 e. The third-order valence-electron chi connectivity index (χ3n) is 4.86. The first-order chi connectivity index (χ1) is 13.8. The molecule has 0 bridgehead atoms. The lowest BCUT2D eigenvalue weighted by Gasteiger charge is -2.16. The first-order valence-electron chi connectivity index (χ1n) is 9.46. The molecular weight excluding hydrogens is 406 g/mol. The van der Waals surface area contributed by atoms with E-state index in [1.807, 2.05) is 43.7 Å². The topological polar surface area (TPSA) is 71.7 Å². The number of nitrogens with zero attached hydrogens (tertiary/aromatic N) is 3. The van der Waals surface area contributed by atoms with Gasteiger partial charge in [0.1, 0.15) is 0 Å². The van der Waals surface area contributed by atoms with E-state index in [2.05, 4.69) is 4.99 Å². The molecule has 3 rings (SSSR count). The number of rotatable bonds is 6. The van der Waals surface area contributed by atoms with Crippen molar-refractivity contribution in [2.24, 2.45) is 12.0 Å². The van der Waals surface area contributed by atoms with Crippen LogP contribution in [0.2, 0.25) is 0 Å². The maximum absolute atomic E-state index is 12.6. The number of benzene rings is 2. The van der Waals surface area contributed by atoms with Crippen LogP contribution in [0.1, 0.15) is 35.7 Å². The smallest absolute Gasteiger partial charge is 0.279 e. The van der Waals surface area contributed by atoms with Crippen molar-refractivity contribution in [2.45, 2.75) is 31.6 Å². The Bertz CT molecular complexity index is 1210. The minimum Gasteiger partial charge on any atom is -0.319 e. The van der Waals surface area contributed by atoms with Crippen LogP contribution in [0.15, 0.2) is 52.4 Å². The molecule has 0 aliphatic rings. The maximum atomic E-state index is 12.6. The molecular formula is C21H25N3O3S2. The molecule has 0 fully saturated rings. The standard InChI is InChI=1S/C21H25N3O3S2/c1-5-6-14-23(3)29(26,27)17-12-10-16(11-13-17)20(25)22-21-24(4)19-15(2)8-7-9-18(19)28-21/h7-13H,5-6,14H2,1-4H3. The molecule has 0 aliphatic heterocycles. The Morgan fingerprint density at radius 2 is 1.86 bits per heavy atom. The maximum Gasteiger partial charge on any atom is 0.279 e. The average Bonchev–Trinajstić information content (AvgIpc) is 3.02. The molecule has 2 aromatic carbocycles. The summed E-state index contributed by atoms with van der Waals surface area (Å²) in [5.74, 6) is -0.395. The first-order valence-corrected chi connectivity index (χ1v) is 11.7. The lowest BCUT2D eigenvalue weighted by molar-refractivity contribution is 0.0998. The highest BCUT2D eigenvalue weighted by Crippen LogP contribution is 2.20. The Kier molecular flexibility index (Phi) is 6.36. The normalized spacial score (nSPS) is 12.8. The minimum atomic E-state index is -3.55. The molecule has 1 heterocycles. The second kappa shape index (κ2) is 8.61. The number of thiazole rings is 1. The Labute approximate surface area is 175 Å². The first kappa shape index (κ1) is 21.4. The number of hydrogen-bond acceptors (Lipinski definition) is 4. The van der Waals surface area contributed by atoms with Crippen molar-refractivity contribution in [3.8, 4) is 0 Å². The van der Waals surface area contributed by atoms with Crippen LogP contribution in [0.4, 0.5) is 0 Å². The van der Waals surface area contributed by atoms with Crippen molar-refractivity contribution in [3.63, 3.8) is 0 Å². The van der Waals surface area contributed by atoms with Crippen LogP contribution in [0.5, 0.6) is 0 Å². The van der Waals surface area contributed by atoms with Gasteiger partial charge >= 0.3 is 0 Å². The Balaban J connectivity index is 1.89. The fourth-order valence-electron chi connectivity index (χ4n) is 3.11. The van der Waals surface area contributed by atoms with Gasteiger partial charge in [-0.3, -0.25) is 4.79 Å². The van der Waals surface area contributed by atoms with Crippen LogP contribution in [0, 0.1) is 6.92 Å². The molecule has 8 heteroatoms. The molecule has 6 nitrogen and oxygen atoms in total. The highest BCUT2D eigenvalue weighted by atomic mass is 32.2. The van der Waals surface area contributed by atoms with E-state index in [1.165, 1.54) is 39.9 Å². The molecule has 0 atom stereocenters. The molecule has 0 aliphatic carbocycles. The predicted octanol–water partition coefficient (Wildman–Crippen LogP) is 3.71. The number of unbranched alkanes of at least 4 members (excludes halogenated alkanes) is 1. The van der Waals surface area contributed by atoms with E-state index in [0.717, 1.165) is 28.6 Å². The van der Waals surface area contributed by atoms with Gasteiger partial charge < -0.3 is 4.57 Å². The summed E-state index contributed by atoms with van der Waals surface area (Å²) in [7, 11) is -0.0911. The zero-order chi connectivity index (χ0) is 21.2. The number of carbonyl (C=O) groups excluding carboxylic acids is 1. The molecule has 1 amide bonds. The molecule has 0 unspecified atom stereocenters. The monoisotopic (exact) mass is 431 g/mol. The average molecular weight is 432 g/mol. The SMILES string of the molecule is CCCCN(C)S(=O)(=O)c1ccc(C(=O)N=c2sc3cccc(C)c3n2C)cc1. The summed E-state index contributed by atoms with van der Waals surface area (Å²) in [5.41, 5.74) is 2.53. The second-order valence-corrected chi connectivity index (χ2v) is 10.0. The van der Waals surface area contributed by atoms with Gasteiger partial charge in [-0.1, -0.05) is 36.8 Å². The van der Waals surface area contributed by atoms with Crippen molar-refractivity contribution in [3.05, 3.63) is 58.4 Å². The number of carbonyl (C=O) groups is 1. The van der Waals surface area contributed by atoms with Gasteiger partial charge in [0.25, 0.3) is 5.91 Å². The summed E-state index contributed by atoms with van der Waals surface area (Å²) in [6.45, 7) is 4.51. The fraction of sp³-hybridized carbons (Fsp3) is 0.333. The number of hydrogen-bond donors (Lipinski definition) is 0. The van der Waals surface area contributed by atoms with E-state index in [1.54, 1.807) is 7.05 Å². The zero-order valence-electron chi connectivity index (χ0n) is 17.0. The van der Waals surface area contributed by atoms with Gasteiger partial charge in [-0.25, -0.2) is 12.7 Å². The van der Waals surface area contributed by atoms with E-state index in [-0.39, 0.29) is 4.90 Å². The van der Waals surface area contributed by atoms with Crippen molar-refractivity contribution < 1.29 is 13.2 Å². The highest BCUT2D eigenvalue weighted by Gasteiger charge is 2.20. The second-order valence-electron chi connectivity index (χ2n) is 6.99. The molecule has 0 saturated heterocycles. The van der Waals surface area contributed by atoms with Crippen LogP contribution in [0.3, 0.4) is 0 Å². The molecule has 0 spiro atoms. The van der Waals surface area contributed by atoms with Crippen LogP contribution in [-0.4, -0.2) is 36.8 Å². The van der Waals surface area contributed by atoms with Gasteiger partial charge in [0, 0.05) is 26.2 Å². The third-order valence-corrected chi connectivity index (χ3v) is 7.83. The van der Waals surface area contributed by atoms with Gasteiger partial charge in [-0.05, 0) is 49.2 Å². The Morgan fingerprint density at radius 3 is 2.48 bits per heavy atom.